The van der Waals surface area contributed by atoms with E-state index >= 15 is 0 Å². The van der Waals surface area contributed by atoms with Gasteiger partial charge in [0.15, 0.2) is 5.16 Å². The lowest BCUT2D eigenvalue weighted by molar-refractivity contribution is -0.115. The Labute approximate surface area is 149 Å². The van der Waals surface area contributed by atoms with Crippen LogP contribution in [0.25, 0.3) is 11.3 Å². The second kappa shape index (κ2) is 7.40. The van der Waals surface area contributed by atoms with Gasteiger partial charge in [-0.05, 0) is 31.2 Å². The molecular formula is C18H17FN4OS. The summed E-state index contributed by atoms with van der Waals surface area (Å²) in [4.78, 5) is 16.8. The first-order chi connectivity index (χ1) is 12.0. The van der Waals surface area contributed by atoms with Gasteiger partial charge in [-0.2, -0.15) is 0 Å². The van der Waals surface area contributed by atoms with Gasteiger partial charge in [0.2, 0.25) is 5.91 Å². The van der Waals surface area contributed by atoms with E-state index in [0.29, 0.717) is 10.8 Å². The molecule has 3 aromatic rings. The molecule has 1 amide bonds. The van der Waals surface area contributed by atoms with Crippen molar-refractivity contribution >= 4 is 23.4 Å². The molecule has 0 saturated heterocycles. The lowest BCUT2D eigenvalue weighted by Crippen LogP contribution is -2.23. The number of nitrogens with one attached hydrogen (secondary N) is 1. The number of hydrogen-bond acceptors (Lipinski definition) is 4. The fourth-order valence-corrected chi connectivity index (χ4v) is 3.01. The molecule has 3 N–H and O–H groups in total. The van der Waals surface area contributed by atoms with Crippen LogP contribution < -0.4 is 11.2 Å². The Hall–Kier alpha value is -2.80. The van der Waals surface area contributed by atoms with Gasteiger partial charge >= 0.3 is 0 Å². The summed E-state index contributed by atoms with van der Waals surface area (Å²) >= 11 is 1.26. The summed E-state index contributed by atoms with van der Waals surface area (Å²) in [6, 6.07) is 15.3. The molecule has 0 spiro atoms. The minimum absolute atomic E-state index is 0.208. The van der Waals surface area contributed by atoms with Gasteiger partial charge in [0.1, 0.15) is 5.82 Å². The average molecular weight is 356 g/mol. The average Bonchev–Trinajstić information content (AvgIpc) is 2.98. The Morgan fingerprint density at radius 1 is 1.20 bits per heavy atom. The topological polar surface area (TPSA) is 72.9 Å². The van der Waals surface area contributed by atoms with E-state index < -0.39 is 5.25 Å². The number of amides is 1. The molecular weight excluding hydrogens is 339 g/mol. The smallest absolute Gasteiger partial charge is 0.237 e. The quantitative estimate of drug-likeness (QED) is 0.542. The second-order valence-corrected chi connectivity index (χ2v) is 6.75. The molecule has 1 atom stereocenters. The number of nitrogen functional groups attached to an aromatic ring is 1. The molecule has 0 unspecified atom stereocenters. The maximum Gasteiger partial charge on any atom is 0.237 e. The summed E-state index contributed by atoms with van der Waals surface area (Å²) in [5, 5.41) is 2.87. The molecule has 0 bridgehead atoms. The van der Waals surface area contributed by atoms with Gasteiger partial charge in [0.05, 0.1) is 17.1 Å². The zero-order valence-electron chi connectivity index (χ0n) is 13.5. The van der Waals surface area contributed by atoms with Gasteiger partial charge in [-0.15, -0.1) is 0 Å². The number of rotatable bonds is 5. The number of nitrogens with zero attached hydrogens (tertiary/aromatic N) is 2. The van der Waals surface area contributed by atoms with E-state index in [1.807, 2.05) is 30.3 Å². The number of aromatic nitrogens is 2. The Morgan fingerprint density at radius 3 is 2.56 bits per heavy atom. The van der Waals surface area contributed by atoms with Crippen molar-refractivity contribution in [2.24, 2.45) is 0 Å². The van der Waals surface area contributed by atoms with Crippen molar-refractivity contribution in [1.29, 1.82) is 0 Å². The van der Waals surface area contributed by atoms with Crippen molar-refractivity contribution in [1.82, 2.24) is 9.66 Å². The lowest BCUT2D eigenvalue weighted by atomic mass is 10.2. The van der Waals surface area contributed by atoms with Crippen molar-refractivity contribution in [3.63, 3.8) is 0 Å². The molecule has 0 aliphatic rings. The number of thioether (sulfide) groups is 1. The first kappa shape index (κ1) is 17.0. The number of imidazole rings is 1. The van der Waals surface area contributed by atoms with E-state index in [1.165, 1.54) is 40.7 Å². The first-order valence-corrected chi connectivity index (χ1v) is 8.54. The highest BCUT2D eigenvalue weighted by Crippen LogP contribution is 2.26. The largest absolute Gasteiger partial charge is 0.337 e. The fraction of sp³-hybridized carbons (Fsp3) is 0.111. The second-order valence-electron chi connectivity index (χ2n) is 5.44. The van der Waals surface area contributed by atoms with Crippen LogP contribution in [0.3, 0.4) is 0 Å². The molecule has 3 rings (SSSR count). The highest BCUT2D eigenvalue weighted by atomic mass is 32.2. The molecule has 128 valence electrons. The number of carbonyl (C=O) groups excluding carboxylic acids is 1. The Bertz CT molecular complexity index is 865. The van der Waals surface area contributed by atoms with E-state index in [0.717, 1.165) is 11.3 Å². The molecule has 1 heterocycles. The van der Waals surface area contributed by atoms with Gasteiger partial charge in [-0.25, -0.2) is 14.1 Å². The zero-order valence-corrected chi connectivity index (χ0v) is 14.3. The third-order valence-corrected chi connectivity index (χ3v) is 4.61. The number of anilines is 1. The molecule has 7 heteroatoms. The summed E-state index contributed by atoms with van der Waals surface area (Å²) in [7, 11) is 0. The predicted molar refractivity (Wildman–Crippen MR) is 98.2 cm³/mol. The van der Waals surface area contributed by atoms with Crippen molar-refractivity contribution in [3.05, 3.63) is 66.6 Å². The minimum Gasteiger partial charge on any atom is -0.337 e. The number of benzene rings is 2. The fourth-order valence-electron chi connectivity index (χ4n) is 2.20. The predicted octanol–water partition coefficient (Wildman–Crippen LogP) is 3.52. The van der Waals surface area contributed by atoms with Crippen molar-refractivity contribution < 1.29 is 9.18 Å². The molecule has 2 aromatic carbocycles. The molecule has 0 saturated carbocycles. The summed E-state index contributed by atoms with van der Waals surface area (Å²) in [6.07, 6.45) is 1.72. The van der Waals surface area contributed by atoms with Crippen LogP contribution in [0.1, 0.15) is 6.92 Å². The summed E-state index contributed by atoms with van der Waals surface area (Å²) in [5.74, 6) is 5.40. The van der Waals surface area contributed by atoms with Gasteiger partial charge in [-0.1, -0.05) is 42.1 Å². The van der Waals surface area contributed by atoms with E-state index in [-0.39, 0.29) is 11.7 Å². The van der Waals surface area contributed by atoms with E-state index in [2.05, 4.69) is 10.3 Å². The van der Waals surface area contributed by atoms with Gasteiger partial charge in [0.25, 0.3) is 0 Å². The number of carbonyl (C=O) groups is 1. The standard InChI is InChI=1S/C18H17FN4OS/c1-12(17(24)21-15-9-7-14(19)8-10-15)25-18-22-16(11-23(18)20)13-5-3-2-4-6-13/h2-12H,20H2,1H3,(H,21,24)/t12-/m0/s1. The molecule has 25 heavy (non-hydrogen) atoms. The first-order valence-electron chi connectivity index (χ1n) is 7.66. The maximum absolute atomic E-state index is 12.9. The maximum atomic E-state index is 12.9. The van der Waals surface area contributed by atoms with Crippen LogP contribution in [0.4, 0.5) is 10.1 Å². The van der Waals surface area contributed by atoms with Crippen molar-refractivity contribution in [3.8, 4) is 11.3 Å². The molecule has 0 fully saturated rings. The molecule has 0 radical (unpaired) electrons. The lowest BCUT2D eigenvalue weighted by Gasteiger charge is -2.11. The Morgan fingerprint density at radius 2 is 1.88 bits per heavy atom. The third-order valence-electron chi connectivity index (χ3n) is 3.53. The highest BCUT2D eigenvalue weighted by Gasteiger charge is 2.18. The van der Waals surface area contributed by atoms with Crippen LogP contribution >= 0.6 is 11.8 Å². The van der Waals surface area contributed by atoms with Gasteiger partial charge < -0.3 is 11.2 Å². The summed E-state index contributed by atoms with van der Waals surface area (Å²) in [6.45, 7) is 1.76. The van der Waals surface area contributed by atoms with Gasteiger partial charge in [0, 0.05) is 11.3 Å². The highest BCUT2D eigenvalue weighted by molar-refractivity contribution is 8.00. The third kappa shape index (κ3) is 4.19. The van der Waals surface area contributed by atoms with Crippen LogP contribution in [0.5, 0.6) is 0 Å². The molecule has 1 aromatic heterocycles. The zero-order chi connectivity index (χ0) is 17.8. The van der Waals surface area contributed by atoms with Crippen LogP contribution in [0, 0.1) is 5.82 Å². The van der Waals surface area contributed by atoms with Crippen molar-refractivity contribution in [2.45, 2.75) is 17.3 Å². The van der Waals surface area contributed by atoms with Crippen LogP contribution in [0.15, 0.2) is 66.0 Å². The Kier molecular flexibility index (Phi) is 5.04. The van der Waals surface area contributed by atoms with Crippen LogP contribution in [-0.4, -0.2) is 20.8 Å². The number of halogens is 1. The molecule has 0 aliphatic carbocycles. The van der Waals surface area contributed by atoms with Gasteiger partial charge in [-0.3, -0.25) is 4.79 Å². The molecule has 0 aliphatic heterocycles. The normalized spacial score (nSPS) is 11.9. The summed E-state index contributed by atoms with van der Waals surface area (Å²) < 4.78 is 14.3. The van der Waals surface area contributed by atoms with E-state index in [1.54, 1.807) is 13.1 Å². The van der Waals surface area contributed by atoms with Crippen molar-refractivity contribution in [2.75, 3.05) is 11.2 Å². The summed E-state index contributed by atoms with van der Waals surface area (Å²) in [5.41, 5.74) is 2.24. The van der Waals surface area contributed by atoms with E-state index in [4.69, 9.17) is 5.84 Å². The number of nitrogens with two attached hydrogens (primary N) is 1. The monoisotopic (exact) mass is 356 g/mol. The number of hydrogen-bond donors (Lipinski definition) is 2. The SMILES string of the molecule is C[C@H](Sc1nc(-c2ccccc2)cn1N)C(=O)Nc1ccc(F)cc1. The van der Waals surface area contributed by atoms with Crippen LogP contribution in [-0.2, 0) is 4.79 Å². The van der Waals surface area contributed by atoms with E-state index in [9.17, 15) is 9.18 Å². The van der Waals surface area contributed by atoms with Crippen LogP contribution in [0.2, 0.25) is 0 Å². The Balaban J connectivity index is 1.68. The molecule has 5 nitrogen and oxygen atoms in total. The minimum atomic E-state index is -0.418.